The van der Waals surface area contributed by atoms with Crippen LogP contribution in [0, 0.1) is 0 Å². The molecule has 6 heteroatoms. The maximum absolute atomic E-state index is 13.4. The number of likely N-dealkylation sites (tertiary alicyclic amines) is 1. The predicted molar refractivity (Wildman–Crippen MR) is 142 cm³/mol. The zero-order chi connectivity index (χ0) is 26.0. The molecule has 2 aromatic carbocycles. The number of aryl methyl sites for hydroxylation is 1. The Morgan fingerprint density at radius 3 is 2.42 bits per heavy atom. The molecule has 0 radical (unpaired) electrons. The van der Waals surface area contributed by atoms with E-state index < -0.39 is 17.7 Å². The zero-order valence-electron chi connectivity index (χ0n) is 22.1. The van der Waals surface area contributed by atoms with E-state index in [0.29, 0.717) is 25.3 Å². The van der Waals surface area contributed by atoms with E-state index in [4.69, 9.17) is 4.74 Å². The van der Waals surface area contributed by atoms with E-state index in [2.05, 4.69) is 51.7 Å². The first-order valence-corrected chi connectivity index (χ1v) is 13.0. The number of ether oxygens (including phenoxy) is 1. The highest BCUT2D eigenvalue weighted by Crippen LogP contribution is 2.40. The SMILES string of the molecule is CCN(CC)CCN1C(=O)C(=O)/C(=C(\O)c2ccc3c(c2)CCCO3)C1c1ccc(C(C)(C)C)cc1. The second-order valence-electron chi connectivity index (χ2n) is 10.7. The second kappa shape index (κ2) is 10.5. The van der Waals surface area contributed by atoms with Crippen molar-refractivity contribution >= 4 is 17.4 Å². The summed E-state index contributed by atoms with van der Waals surface area (Å²) in [6.45, 7) is 14.1. The van der Waals surface area contributed by atoms with Crippen molar-refractivity contribution in [2.75, 3.05) is 32.8 Å². The molecule has 4 rings (SSSR count). The van der Waals surface area contributed by atoms with Crippen molar-refractivity contribution in [1.29, 1.82) is 0 Å². The number of Topliss-reactive ketones (excluding diaryl/α,β-unsaturated/α-hetero) is 1. The van der Waals surface area contributed by atoms with Crippen LogP contribution in [0.2, 0.25) is 0 Å². The fourth-order valence-corrected chi connectivity index (χ4v) is 5.07. The Labute approximate surface area is 214 Å². The molecule has 0 spiro atoms. The van der Waals surface area contributed by atoms with Gasteiger partial charge in [-0.2, -0.15) is 0 Å². The number of rotatable bonds is 7. The fourth-order valence-electron chi connectivity index (χ4n) is 5.07. The topological polar surface area (TPSA) is 70.1 Å². The van der Waals surface area contributed by atoms with E-state index >= 15 is 0 Å². The van der Waals surface area contributed by atoms with Gasteiger partial charge in [0.15, 0.2) is 0 Å². The third-order valence-electron chi connectivity index (χ3n) is 7.37. The molecule has 36 heavy (non-hydrogen) atoms. The molecule has 1 saturated heterocycles. The number of aliphatic hydroxyl groups is 1. The number of benzene rings is 2. The van der Waals surface area contributed by atoms with Gasteiger partial charge in [0.2, 0.25) is 0 Å². The van der Waals surface area contributed by atoms with Crippen LogP contribution in [0.25, 0.3) is 5.76 Å². The number of fused-ring (bicyclic) bond motifs is 1. The molecule has 192 valence electrons. The molecule has 2 heterocycles. The first-order valence-electron chi connectivity index (χ1n) is 13.0. The van der Waals surface area contributed by atoms with Crippen molar-refractivity contribution in [3.05, 3.63) is 70.3 Å². The van der Waals surface area contributed by atoms with Crippen LogP contribution < -0.4 is 4.74 Å². The van der Waals surface area contributed by atoms with Gasteiger partial charge in [-0.05, 0) is 66.2 Å². The number of carbonyl (C=O) groups is 2. The molecular weight excluding hydrogens is 452 g/mol. The molecule has 1 fully saturated rings. The monoisotopic (exact) mass is 490 g/mol. The van der Waals surface area contributed by atoms with Crippen LogP contribution in [0.15, 0.2) is 48.0 Å². The highest BCUT2D eigenvalue weighted by molar-refractivity contribution is 6.46. The number of aliphatic hydroxyl groups excluding tert-OH is 1. The maximum atomic E-state index is 13.4. The molecule has 1 unspecified atom stereocenters. The molecule has 1 atom stereocenters. The third kappa shape index (κ3) is 5.05. The summed E-state index contributed by atoms with van der Waals surface area (Å²) in [5.41, 5.74) is 3.67. The van der Waals surface area contributed by atoms with Gasteiger partial charge in [-0.1, -0.05) is 58.9 Å². The smallest absolute Gasteiger partial charge is 0.295 e. The normalized spacial score (nSPS) is 19.5. The van der Waals surface area contributed by atoms with E-state index in [1.807, 2.05) is 24.3 Å². The highest BCUT2D eigenvalue weighted by Gasteiger charge is 2.46. The van der Waals surface area contributed by atoms with Crippen molar-refractivity contribution in [1.82, 2.24) is 9.80 Å². The van der Waals surface area contributed by atoms with Crippen molar-refractivity contribution in [3.8, 4) is 5.75 Å². The zero-order valence-corrected chi connectivity index (χ0v) is 22.1. The number of hydrogen-bond donors (Lipinski definition) is 1. The van der Waals surface area contributed by atoms with Crippen LogP contribution >= 0.6 is 0 Å². The summed E-state index contributed by atoms with van der Waals surface area (Å²) in [5, 5.41) is 11.4. The maximum Gasteiger partial charge on any atom is 0.295 e. The third-order valence-corrected chi connectivity index (χ3v) is 7.37. The van der Waals surface area contributed by atoms with Gasteiger partial charge in [0.1, 0.15) is 11.5 Å². The van der Waals surface area contributed by atoms with Crippen molar-refractivity contribution < 1.29 is 19.4 Å². The van der Waals surface area contributed by atoms with Crippen molar-refractivity contribution in [2.24, 2.45) is 0 Å². The summed E-state index contributed by atoms with van der Waals surface area (Å²) in [6, 6.07) is 12.9. The Hall–Kier alpha value is -3.12. The molecule has 0 aromatic heterocycles. The molecule has 1 amide bonds. The fraction of sp³-hybridized carbons (Fsp3) is 0.467. The number of likely N-dealkylation sites (N-methyl/N-ethyl adjacent to an activating group) is 1. The van der Waals surface area contributed by atoms with Gasteiger partial charge in [-0.3, -0.25) is 9.59 Å². The molecule has 2 aliphatic heterocycles. The van der Waals surface area contributed by atoms with Gasteiger partial charge in [0.25, 0.3) is 11.7 Å². The number of nitrogens with zero attached hydrogens (tertiary/aromatic N) is 2. The standard InChI is InChI=1S/C30H38N2O4/c1-6-31(7-2)16-17-32-26(20-10-13-23(14-11-20)30(3,4)5)25(28(34)29(32)35)27(33)22-12-15-24-21(19-22)9-8-18-36-24/h10-15,19,26,33H,6-9,16-18H2,1-5H3/b27-25-. The van der Waals surface area contributed by atoms with Gasteiger partial charge < -0.3 is 19.6 Å². The van der Waals surface area contributed by atoms with Gasteiger partial charge in [-0.15, -0.1) is 0 Å². The minimum Gasteiger partial charge on any atom is -0.507 e. The Bertz CT molecular complexity index is 1160. The molecular formula is C30H38N2O4. The molecule has 2 aliphatic rings. The Kier molecular flexibility index (Phi) is 7.55. The molecule has 0 bridgehead atoms. The van der Waals surface area contributed by atoms with Crippen LogP contribution in [0.3, 0.4) is 0 Å². The Balaban J connectivity index is 1.79. The van der Waals surface area contributed by atoms with Crippen LogP contribution in [0.4, 0.5) is 0 Å². The second-order valence-corrected chi connectivity index (χ2v) is 10.7. The lowest BCUT2D eigenvalue weighted by atomic mass is 9.85. The van der Waals surface area contributed by atoms with Gasteiger partial charge >= 0.3 is 0 Å². The van der Waals surface area contributed by atoms with Gasteiger partial charge in [0.05, 0.1) is 18.2 Å². The molecule has 0 saturated carbocycles. The van der Waals surface area contributed by atoms with Gasteiger partial charge in [0, 0.05) is 18.7 Å². The van der Waals surface area contributed by atoms with Crippen LogP contribution in [-0.2, 0) is 21.4 Å². The Morgan fingerprint density at radius 2 is 1.78 bits per heavy atom. The number of carbonyl (C=O) groups excluding carboxylic acids is 2. The highest BCUT2D eigenvalue weighted by atomic mass is 16.5. The number of ketones is 1. The Morgan fingerprint density at radius 1 is 1.08 bits per heavy atom. The van der Waals surface area contributed by atoms with E-state index in [0.717, 1.165) is 42.8 Å². The summed E-state index contributed by atoms with van der Waals surface area (Å²) in [4.78, 5) is 30.5. The van der Waals surface area contributed by atoms with E-state index in [-0.39, 0.29) is 16.7 Å². The lowest BCUT2D eigenvalue weighted by Gasteiger charge is -2.29. The van der Waals surface area contributed by atoms with E-state index in [1.165, 1.54) is 5.56 Å². The largest absolute Gasteiger partial charge is 0.507 e. The van der Waals surface area contributed by atoms with Crippen LogP contribution in [0.5, 0.6) is 5.75 Å². The minimum atomic E-state index is -0.637. The predicted octanol–water partition coefficient (Wildman–Crippen LogP) is 5.07. The van der Waals surface area contributed by atoms with Gasteiger partial charge in [-0.25, -0.2) is 0 Å². The summed E-state index contributed by atoms with van der Waals surface area (Å²) < 4.78 is 5.71. The summed E-state index contributed by atoms with van der Waals surface area (Å²) in [6.07, 6.45) is 1.76. The van der Waals surface area contributed by atoms with Crippen molar-refractivity contribution in [3.63, 3.8) is 0 Å². The quantitative estimate of drug-likeness (QED) is 0.333. The lowest BCUT2D eigenvalue weighted by Crippen LogP contribution is -2.38. The van der Waals surface area contributed by atoms with Crippen LogP contribution in [0.1, 0.15) is 69.3 Å². The average molecular weight is 491 g/mol. The first-order chi connectivity index (χ1) is 17.2. The lowest BCUT2D eigenvalue weighted by molar-refractivity contribution is -0.140. The van der Waals surface area contributed by atoms with E-state index in [1.54, 1.807) is 11.0 Å². The molecule has 6 nitrogen and oxygen atoms in total. The number of amides is 1. The molecule has 1 N–H and O–H groups in total. The number of hydrogen-bond acceptors (Lipinski definition) is 5. The molecule has 0 aliphatic carbocycles. The summed E-state index contributed by atoms with van der Waals surface area (Å²) in [7, 11) is 0. The summed E-state index contributed by atoms with van der Waals surface area (Å²) in [5.74, 6) is -0.510. The van der Waals surface area contributed by atoms with E-state index in [9.17, 15) is 14.7 Å². The first kappa shape index (κ1) is 26.0. The average Bonchev–Trinajstić information content (AvgIpc) is 3.13. The summed E-state index contributed by atoms with van der Waals surface area (Å²) >= 11 is 0. The molecule has 2 aromatic rings. The van der Waals surface area contributed by atoms with Crippen molar-refractivity contribution in [2.45, 2.75) is 58.9 Å². The van der Waals surface area contributed by atoms with Crippen LogP contribution in [-0.4, -0.2) is 59.4 Å². The minimum absolute atomic E-state index is 0.0195.